The molecule has 0 aliphatic rings. The highest BCUT2D eigenvalue weighted by molar-refractivity contribution is 5.90. The van der Waals surface area contributed by atoms with Crippen molar-refractivity contribution in [2.45, 2.75) is 0 Å². The van der Waals surface area contributed by atoms with Crippen molar-refractivity contribution in [2.24, 2.45) is 0 Å². The summed E-state index contributed by atoms with van der Waals surface area (Å²) in [4.78, 5) is 12.2. The number of ether oxygens (including phenoxy) is 1. The fraction of sp³-hybridized carbons (Fsp3) is 0.0625. The first-order valence-electron chi connectivity index (χ1n) is 5.96. The van der Waals surface area contributed by atoms with Crippen LogP contribution in [0, 0.1) is 0 Å². The molecular weight excluding hydrogens is 240 g/mol. The molecule has 0 aliphatic heterocycles. The predicted octanol–water partition coefficient (Wildman–Crippen LogP) is 3.47. The van der Waals surface area contributed by atoms with Crippen LogP contribution in [0.25, 0.3) is 22.1 Å². The van der Waals surface area contributed by atoms with Gasteiger partial charge in [0.15, 0.2) is 0 Å². The molecule has 0 radical (unpaired) electrons. The maximum Gasteiger partial charge on any atom is 0.347 e. The van der Waals surface area contributed by atoms with E-state index in [1.54, 1.807) is 13.2 Å². The van der Waals surface area contributed by atoms with Crippen LogP contribution in [0.5, 0.6) is 5.75 Å². The summed E-state index contributed by atoms with van der Waals surface area (Å²) >= 11 is 0. The summed E-state index contributed by atoms with van der Waals surface area (Å²) in [6.07, 6.45) is 0. The Hall–Kier alpha value is -2.55. The highest BCUT2D eigenvalue weighted by atomic mass is 16.5. The Kier molecular flexibility index (Phi) is 2.80. The molecule has 3 heteroatoms. The molecule has 3 rings (SSSR count). The minimum Gasteiger partial charge on any atom is -0.495 e. The minimum absolute atomic E-state index is 0.387. The third-order valence-electron chi connectivity index (χ3n) is 3.03. The second-order valence-corrected chi connectivity index (χ2v) is 4.16. The van der Waals surface area contributed by atoms with Gasteiger partial charge in [0.25, 0.3) is 0 Å². The molecule has 0 amide bonds. The zero-order chi connectivity index (χ0) is 13.2. The third kappa shape index (κ3) is 1.89. The molecule has 0 aliphatic carbocycles. The molecule has 3 aromatic rings. The van der Waals surface area contributed by atoms with E-state index in [1.807, 2.05) is 48.5 Å². The highest BCUT2D eigenvalue weighted by Gasteiger charge is 2.16. The minimum atomic E-state index is -0.387. The predicted molar refractivity (Wildman–Crippen MR) is 74.5 cm³/mol. The van der Waals surface area contributed by atoms with Crippen molar-refractivity contribution in [1.29, 1.82) is 0 Å². The van der Waals surface area contributed by atoms with Crippen LogP contribution in [0.15, 0.2) is 63.8 Å². The first-order valence-corrected chi connectivity index (χ1v) is 5.96. The van der Waals surface area contributed by atoms with Gasteiger partial charge >= 0.3 is 5.63 Å². The topological polar surface area (TPSA) is 39.4 Å². The van der Waals surface area contributed by atoms with E-state index in [4.69, 9.17) is 9.15 Å². The molecule has 0 N–H and O–H groups in total. The van der Waals surface area contributed by atoms with E-state index in [0.29, 0.717) is 16.9 Å². The molecule has 0 saturated carbocycles. The monoisotopic (exact) mass is 252 g/mol. The molecule has 0 spiro atoms. The van der Waals surface area contributed by atoms with Gasteiger partial charge in [-0.2, -0.15) is 0 Å². The molecule has 0 saturated heterocycles. The summed E-state index contributed by atoms with van der Waals surface area (Å²) in [5.41, 5.74) is 1.39. The number of rotatable bonds is 2. The molecular formula is C16H12O3. The largest absolute Gasteiger partial charge is 0.495 e. The molecule has 94 valence electrons. The molecule has 19 heavy (non-hydrogen) atoms. The Morgan fingerprint density at radius 3 is 2.37 bits per heavy atom. The summed E-state index contributed by atoms with van der Waals surface area (Å²) < 4.78 is 10.8. The molecule has 0 bridgehead atoms. The summed E-state index contributed by atoms with van der Waals surface area (Å²) in [5, 5.41) is 0.795. The molecule has 0 atom stereocenters. The van der Waals surface area contributed by atoms with Crippen molar-refractivity contribution in [1.82, 2.24) is 0 Å². The number of fused-ring (bicyclic) bond motifs is 1. The summed E-state index contributed by atoms with van der Waals surface area (Å²) in [7, 11) is 1.56. The van der Waals surface area contributed by atoms with Crippen LogP contribution < -0.4 is 10.4 Å². The zero-order valence-electron chi connectivity index (χ0n) is 10.4. The number of hydrogen-bond acceptors (Lipinski definition) is 3. The van der Waals surface area contributed by atoms with Crippen LogP contribution in [0.2, 0.25) is 0 Å². The van der Waals surface area contributed by atoms with Gasteiger partial charge in [-0.3, -0.25) is 0 Å². The Balaban J connectivity index is 2.42. The maximum absolute atomic E-state index is 12.2. The maximum atomic E-state index is 12.2. The number of para-hydroxylation sites is 1. The van der Waals surface area contributed by atoms with Crippen molar-refractivity contribution < 1.29 is 9.15 Å². The second kappa shape index (κ2) is 4.61. The molecule has 1 heterocycles. The Labute approximate surface area is 110 Å². The van der Waals surface area contributed by atoms with Crippen molar-refractivity contribution in [3.05, 3.63) is 65.0 Å². The van der Waals surface area contributed by atoms with Crippen molar-refractivity contribution in [2.75, 3.05) is 7.11 Å². The van der Waals surface area contributed by atoms with Crippen LogP contribution in [-0.4, -0.2) is 7.11 Å². The first kappa shape index (κ1) is 11.5. The summed E-state index contributed by atoms with van der Waals surface area (Å²) in [6, 6.07) is 16.7. The molecule has 0 fully saturated rings. The van der Waals surface area contributed by atoms with E-state index in [0.717, 1.165) is 10.9 Å². The van der Waals surface area contributed by atoms with E-state index in [2.05, 4.69) is 0 Å². The van der Waals surface area contributed by atoms with Crippen LogP contribution in [0.4, 0.5) is 0 Å². The highest BCUT2D eigenvalue weighted by Crippen LogP contribution is 2.33. The average molecular weight is 252 g/mol. The van der Waals surface area contributed by atoms with Gasteiger partial charge in [-0.05, 0) is 17.7 Å². The summed E-state index contributed by atoms with van der Waals surface area (Å²) in [5.74, 6) is 0.554. The van der Waals surface area contributed by atoms with Crippen molar-refractivity contribution >= 4 is 11.0 Å². The lowest BCUT2D eigenvalue weighted by Gasteiger charge is -2.09. The fourth-order valence-corrected chi connectivity index (χ4v) is 2.19. The van der Waals surface area contributed by atoms with Crippen LogP contribution in [0.1, 0.15) is 0 Å². The smallest absolute Gasteiger partial charge is 0.347 e. The quantitative estimate of drug-likeness (QED) is 0.655. The van der Waals surface area contributed by atoms with E-state index in [1.165, 1.54) is 0 Å². The van der Waals surface area contributed by atoms with E-state index >= 15 is 0 Å². The van der Waals surface area contributed by atoms with Gasteiger partial charge in [0.05, 0.1) is 12.5 Å². The van der Waals surface area contributed by atoms with Crippen LogP contribution in [-0.2, 0) is 0 Å². The number of benzene rings is 2. The number of hydrogen-bond donors (Lipinski definition) is 0. The zero-order valence-corrected chi connectivity index (χ0v) is 10.4. The van der Waals surface area contributed by atoms with E-state index in [9.17, 15) is 4.79 Å². The SMILES string of the molecule is COc1c(-c2ccccc2)c(=O)oc2ccccc12. The molecule has 3 nitrogen and oxygen atoms in total. The standard InChI is InChI=1S/C16H12O3/c1-18-15-12-9-5-6-10-13(12)19-16(17)14(15)11-7-3-2-4-8-11/h2-10H,1H3. The summed E-state index contributed by atoms with van der Waals surface area (Å²) in [6.45, 7) is 0. The van der Waals surface area contributed by atoms with Gasteiger partial charge in [0.2, 0.25) is 0 Å². The van der Waals surface area contributed by atoms with Gasteiger partial charge in [-0.1, -0.05) is 42.5 Å². The lowest BCUT2D eigenvalue weighted by Crippen LogP contribution is -2.06. The van der Waals surface area contributed by atoms with Gasteiger partial charge in [0, 0.05) is 0 Å². The molecule has 1 aromatic heterocycles. The lowest BCUT2D eigenvalue weighted by atomic mass is 10.0. The Morgan fingerprint density at radius 2 is 1.63 bits per heavy atom. The van der Waals surface area contributed by atoms with E-state index < -0.39 is 0 Å². The third-order valence-corrected chi connectivity index (χ3v) is 3.03. The molecule has 0 unspecified atom stereocenters. The average Bonchev–Trinajstić information content (AvgIpc) is 2.46. The fourth-order valence-electron chi connectivity index (χ4n) is 2.19. The Morgan fingerprint density at radius 1 is 0.947 bits per heavy atom. The van der Waals surface area contributed by atoms with Crippen molar-refractivity contribution in [3.63, 3.8) is 0 Å². The Bertz CT molecular complexity index is 773. The van der Waals surface area contributed by atoms with Crippen molar-refractivity contribution in [3.8, 4) is 16.9 Å². The van der Waals surface area contributed by atoms with Gasteiger partial charge in [-0.25, -0.2) is 4.79 Å². The second-order valence-electron chi connectivity index (χ2n) is 4.16. The lowest BCUT2D eigenvalue weighted by molar-refractivity contribution is 0.415. The van der Waals surface area contributed by atoms with Crippen LogP contribution >= 0.6 is 0 Å². The first-order chi connectivity index (χ1) is 9.31. The van der Waals surface area contributed by atoms with Gasteiger partial charge in [-0.15, -0.1) is 0 Å². The van der Waals surface area contributed by atoms with Crippen LogP contribution in [0.3, 0.4) is 0 Å². The number of methoxy groups -OCH3 is 1. The van der Waals surface area contributed by atoms with E-state index in [-0.39, 0.29) is 5.63 Å². The normalized spacial score (nSPS) is 10.6. The van der Waals surface area contributed by atoms with Gasteiger partial charge in [0.1, 0.15) is 16.9 Å². The molecule has 2 aromatic carbocycles. The van der Waals surface area contributed by atoms with Gasteiger partial charge < -0.3 is 9.15 Å².